The van der Waals surface area contributed by atoms with Crippen LogP contribution in [0.5, 0.6) is 0 Å². The summed E-state index contributed by atoms with van der Waals surface area (Å²) in [5, 5.41) is 2.19. The number of benzene rings is 1. The van der Waals surface area contributed by atoms with Crippen LogP contribution in [-0.2, 0) is 4.74 Å². The lowest BCUT2D eigenvalue weighted by Gasteiger charge is -2.41. The second-order valence-electron chi connectivity index (χ2n) is 8.19. The van der Waals surface area contributed by atoms with Crippen LogP contribution in [0.2, 0.25) is 5.28 Å². The molecule has 28 heavy (non-hydrogen) atoms. The molecule has 148 valence electrons. The summed E-state index contributed by atoms with van der Waals surface area (Å²) in [6.45, 7) is 9.48. The summed E-state index contributed by atoms with van der Waals surface area (Å²) in [6, 6.07) is 6.11. The predicted octanol–water partition coefficient (Wildman–Crippen LogP) is 4.21. The number of piperazine rings is 1. The molecule has 0 aliphatic carbocycles. The number of fused-ring (bicyclic) bond motifs is 3. The Bertz CT molecular complexity index is 1040. The highest BCUT2D eigenvalue weighted by atomic mass is 35.5. The largest absolute Gasteiger partial charge is 0.444 e. The van der Waals surface area contributed by atoms with Crippen LogP contribution in [0, 0.1) is 0 Å². The Hall–Kier alpha value is -2.54. The Morgan fingerprint density at radius 3 is 2.71 bits per heavy atom. The summed E-state index contributed by atoms with van der Waals surface area (Å²) >= 11 is 6.27. The molecule has 1 aliphatic rings. The van der Waals surface area contributed by atoms with Crippen LogP contribution in [0.25, 0.3) is 21.8 Å². The molecule has 3 aromatic rings. The normalized spacial score (nSPS) is 18.1. The Kier molecular flexibility index (Phi) is 4.57. The highest BCUT2D eigenvalue weighted by molar-refractivity contribution is 6.29. The molecule has 7 nitrogen and oxygen atoms in total. The number of hydrogen-bond acceptors (Lipinski definition) is 5. The van der Waals surface area contributed by atoms with E-state index >= 15 is 0 Å². The maximum Gasteiger partial charge on any atom is 0.410 e. The molecule has 1 saturated heterocycles. The maximum atomic E-state index is 12.4. The van der Waals surface area contributed by atoms with E-state index in [4.69, 9.17) is 16.3 Å². The summed E-state index contributed by atoms with van der Waals surface area (Å²) in [6.07, 6.45) is 1.61. The zero-order valence-corrected chi connectivity index (χ0v) is 17.2. The number of nitrogens with zero attached hydrogens (tertiary/aromatic N) is 4. The molecular formula is C20H24ClN5O2. The number of hydrogen-bond donors (Lipinski definition) is 1. The Morgan fingerprint density at radius 1 is 1.21 bits per heavy atom. The molecule has 1 N–H and O–H groups in total. The lowest BCUT2D eigenvalue weighted by Crippen LogP contribution is -2.54. The molecular weight excluding hydrogens is 378 g/mol. The van der Waals surface area contributed by atoms with Crippen molar-refractivity contribution in [3.8, 4) is 0 Å². The lowest BCUT2D eigenvalue weighted by atomic mass is 10.1. The number of rotatable bonds is 1. The number of ether oxygens (including phenoxy) is 1. The van der Waals surface area contributed by atoms with Crippen molar-refractivity contribution < 1.29 is 9.53 Å². The van der Waals surface area contributed by atoms with E-state index in [0.29, 0.717) is 19.6 Å². The minimum atomic E-state index is -0.504. The van der Waals surface area contributed by atoms with Gasteiger partial charge in [-0.05, 0) is 57.5 Å². The number of nitrogens with one attached hydrogen (secondary N) is 1. The molecule has 2 aromatic heterocycles. The first-order valence-electron chi connectivity index (χ1n) is 9.41. The van der Waals surface area contributed by atoms with Gasteiger partial charge in [-0.15, -0.1) is 0 Å². The van der Waals surface area contributed by atoms with Gasteiger partial charge in [0.25, 0.3) is 0 Å². The second kappa shape index (κ2) is 6.81. The highest BCUT2D eigenvalue weighted by Crippen LogP contribution is 2.32. The molecule has 1 atom stereocenters. The SMILES string of the molecule is C[C@H]1CN(C(=O)OC(C)(C)C)CCN1c1nc(Cl)nc2c1ccc1[nH]ccc12. The fraction of sp³-hybridized carbons (Fsp3) is 0.450. The number of anilines is 1. The Labute approximate surface area is 168 Å². The highest BCUT2D eigenvalue weighted by Gasteiger charge is 2.31. The van der Waals surface area contributed by atoms with Gasteiger partial charge in [-0.3, -0.25) is 0 Å². The van der Waals surface area contributed by atoms with Crippen LogP contribution >= 0.6 is 11.6 Å². The Morgan fingerprint density at radius 2 is 2.00 bits per heavy atom. The summed E-state index contributed by atoms with van der Waals surface area (Å²) in [4.78, 5) is 28.6. The first-order chi connectivity index (χ1) is 13.2. The van der Waals surface area contributed by atoms with E-state index in [2.05, 4.69) is 26.8 Å². The molecule has 0 saturated carbocycles. The molecule has 1 aliphatic heterocycles. The Balaban J connectivity index is 1.65. The monoisotopic (exact) mass is 401 g/mol. The van der Waals surface area contributed by atoms with E-state index in [-0.39, 0.29) is 17.4 Å². The van der Waals surface area contributed by atoms with Crippen molar-refractivity contribution in [3.63, 3.8) is 0 Å². The van der Waals surface area contributed by atoms with Crippen LogP contribution in [0.15, 0.2) is 24.4 Å². The number of aromatic amines is 1. The topological polar surface area (TPSA) is 74.3 Å². The van der Waals surface area contributed by atoms with Crippen LogP contribution in [0.3, 0.4) is 0 Å². The predicted molar refractivity (Wildman–Crippen MR) is 111 cm³/mol. The smallest absolute Gasteiger partial charge is 0.410 e. The quantitative estimate of drug-likeness (QED) is 0.618. The third-order valence-corrected chi connectivity index (χ3v) is 5.07. The van der Waals surface area contributed by atoms with Crippen molar-refractivity contribution in [2.75, 3.05) is 24.5 Å². The van der Waals surface area contributed by atoms with E-state index in [1.54, 1.807) is 4.90 Å². The fourth-order valence-corrected chi connectivity index (χ4v) is 3.83. The molecule has 0 unspecified atom stereocenters. The van der Waals surface area contributed by atoms with Crippen molar-refractivity contribution in [2.24, 2.45) is 0 Å². The van der Waals surface area contributed by atoms with Gasteiger partial charge in [0, 0.05) is 48.2 Å². The first kappa shape index (κ1) is 18.8. The molecule has 4 rings (SSSR count). The second-order valence-corrected chi connectivity index (χ2v) is 8.52. The summed E-state index contributed by atoms with van der Waals surface area (Å²) in [5.74, 6) is 0.800. The van der Waals surface area contributed by atoms with Crippen molar-refractivity contribution in [2.45, 2.75) is 39.3 Å². The van der Waals surface area contributed by atoms with Gasteiger partial charge in [0.2, 0.25) is 5.28 Å². The molecule has 0 radical (unpaired) electrons. The lowest BCUT2D eigenvalue weighted by molar-refractivity contribution is 0.0218. The van der Waals surface area contributed by atoms with E-state index in [1.807, 2.05) is 45.2 Å². The molecule has 0 bridgehead atoms. The number of carbonyl (C=O) groups excluding carboxylic acids is 1. The van der Waals surface area contributed by atoms with Gasteiger partial charge in [-0.1, -0.05) is 0 Å². The average molecular weight is 402 g/mol. The molecule has 0 spiro atoms. The zero-order chi connectivity index (χ0) is 20.1. The van der Waals surface area contributed by atoms with E-state index in [0.717, 1.165) is 27.6 Å². The van der Waals surface area contributed by atoms with Gasteiger partial charge in [-0.25, -0.2) is 9.78 Å². The molecule has 3 heterocycles. The molecule has 1 amide bonds. The fourth-order valence-electron chi connectivity index (χ4n) is 3.67. The maximum absolute atomic E-state index is 12.4. The number of halogens is 1. The van der Waals surface area contributed by atoms with Crippen molar-refractivity contribution in [1.82, 2.24) is 19.9 Å². The van der Waals surface area contributed by atoms with Gasteiger partial charge in [0.05, 0.1) is 5.52 Å². The molecule has 8 heteroatoms. The van der Waals surface area contributed by atoms with Crippen molar-refractivity contribution in [1.29, 1.82) is 0 Å². The van der Waals surface area contributed by atoms with Crippen LogP contribution in [0.4, 0.5) is 10.6 Å². The van der Waals surface area contributed by atoms with Crippen LogP contribution in [0.1, 0.15) is 27.7 Å². The summed E-state index contributed by atoms with van der Waals surface area (Å²) in [7, 11) is 0. The van der Waals surface area contributed by atoms with Gasteiger partial charge < -0.3 is 19.5 Å². The van der Waals surface area contributed by atoms with Crippen LogP contribution < -0.4 is 4.90 Å². The third-order valence-electron chi connectivity index (χ3n) is 4.90. The van der Waals surface area contributed by atoms with Crippen molar-refractivity contribution >= 4 is 45.3 Å². The average Bonchev–Trinajstić information content (AvgIpc) is 3.08. The van der Waals surface area contributed by atoms with Crippen molar-refractivity contribution in [3.05, 3.63) is 29.7 Å². The van der Waals surface area contributed by atoms with Gasteiger partial charge in [0.1, 0.15) is 11.4 Å². The minimum Gasteiger partial charge on any atom is -0.444 e. The number of carbonyl (C=O) groups is 1. The molecule has 1 aromatic carbocycles. The number of aromatic nitrogens is 3. The van der Waals surface area contributed by atoms with Crippen LogP contribution in [-0.4, -0.2) is 57.2 Å². The van der Waals surface area contributed by atoms with Gasteiger partial charge in [0.15, 0.2) is 0 Å². The zero-order valence-electron chi connectivity index (χ0n) is 16.5. The standard InChI is InChI=1S/C20H24ClN5O2/c1-12-11-25(19(27)28-20(2,3)4)9-10-26(12)17-14-5-6-15-13(7-8-22-15)16(14)23-18(21)24-17/h5-8,12,22H,9-11H2,1-4H3/t12-/m0/s1. The summed E-state index contributed by atoms with van der Waals surface area (Å²) in [5.41, 5.74) is 1.34. The minimum absolute atomic E-state index is 0.0670. The number of amides is 1. The van der Waals surface area contributed by atoms with Gasteiger partial charge in [-0.2, -0.15) is 4.98 Å². The third kappa shape index (κ3) is 3.46. The van der Waals surface area contributed by atoms with E-state index in [1.165, 1.54) is 0 Å². The van der Waals surface area contributed by atoms with E-state index in [9.17, 15) is 4.79 Å². The molecule has 1 fully saturated rings. The first-order valence-corrected chi connectivity index (χ1v) is 9.78. The van der Waals surface area contributed by atoms with E-state index < -0.39 is 5.60 Å². The number of H-pyrrole nitrogens is 1. The summed E-state index contributed by atoms with van der Waals surface area (Å²) < 4.78 is 5.51. The van der Waals surface area contributed by atoms with Gasteiger partial charge >= 0.3 is 6.09 Å².